The Bertz CT molecular complexity index is 1170. The number of rotatable bonds is 2. The van der Waals surface area contributed by atoms with E-state index in [-0.39, 0.29) is 0 Å². The van der Waals surface area contributed by atoms with Crippen LogP contribution >= 0.6 is 109 Å². The van der Waals surface area contributed by atoms with Crippen molar-refractivity contribution in [3.8, 4) is 0 Å². The molecule has 1 aromatic carbocycles. The molecule has 5 aromatic rings. The number of thiophene rings is 4. The Hall–Kier alpha value is 0.200. The van der Waals surface area contributed by atoms with Crippen LogP contribution in [0.5, 0.6) is 0 Å². The lowest BCUT2D eigenvalue weighted by molar-refractivity contribution is 1.91. The zero-order chi connectivity index (χ0) is 19.7. The summed E-state index contributed by atoms with van der Waals surface area (Å²) >= 11 is 21.0. The minimum Gasteiger partial charge on any atom is -0.129 e. The second-order valence-corrected chi connectivity index (χ2v) is 15.5. The standard InChI is InChI=1S/C10H4Br2S2.C10H6Br2S2/c11-9-3-5-6-4-10(12)14-8(6)2-1-7(5)13-9;11-9-5-3-7(13-9)1-2-8-4-6-10(12)14-8/h1-4H;1-6H/b;2-1+. The smallest absolute Gasteiger partial charge is 0.0711 e. The molecule has 4 aromatic heterocycles. The van der Waals surface area contributed by atoms with E-state index in [1.54, 1.807) is 45.3 Å². The van der Waals surface area contributed by atoms with Crippen LogP contribution < -0.4 is 0 Å². The number of fused-ring (bicyclic) bond motifs is 3. The summed E-state index contributed by atoms with van der Waals surface area (Å²) in [5.41, 5.74) is 0. The highest BCUT2D eigenvalue weighted by atomic mass is 79.9. The molecule has 0 saturated carbocycles. The van der Waals surface area contributed by atoms with Crippen molar-refractivity contribution in [3.63, 3.8) is 0 Å². The van der Waals surface area contributed by atoms with Crippen molar-refractivity contribution in [3.05, 3.63) is 73.4 Å². The van der Waals surface area contributed by atoms with E-state index >= 15 is 0 Å². The highest BCUT2D eigenvalue weighted by molar-refractivity contribution is 9.11. The normalized spacial score (nSPS) is 11.4. The van der Waals surface area contributed by atoms with Gasteiger partial charge < -0.3 is 0 Å². The lowest BCUT2D eigenvalue weighted by atomic mass is 10.2. The van der Waals surface area contributed by atoms with E-state index in [4.69, 9.17) is 0 Å². The fraction of sp³-hybridized carbons (Fsp3) is 0. The van der Waals surface area contributed by atoms with E-state index in [2.05, 4.69) is 124 Å². The van der Waals surface area contributed by atoms with Crippen LogP contribution in [-0.2, 0) is 0 Å². The first kappa shape index (κ1) is 21.4. The van der Waals surface area contributed by atoms with Gasteiger partial charge in [-0.3, -0.25) is 0 Å². The zero-order valence-electron chi connectivity index (χ0n) is 13.9. The third-order valence-corrected chi connectivity index (χ3v) is 10.1. The summed E-state index contributed by atoms with van der Waals surface area (Å²) in [4.78, 5) is 2.53. The number of hydrogen-bond donors (Lipinski definition) is 0. The van der Waals surface area contributed by atoms with Gasteiger partial charge in [0.05, 0.1) is 15.1 Å². The first-order valence-electron chi connectivity index (χ1n) is 7.94. The molecule has 0 bridgehead atoms. The van der Waals surface area contributed by atoms with Crippen LogP contribution in [0, 0.1) is 0 Å². The molecule has 0 aliphatic heterocycles. The molecule has 0 unspecified atom stereocenters. The van der Waals surface area contributed by atoms with Crippen LogP contribution in [0.4, 0.5) is 0 Å². The molecule has 0 saturated heterocycles. The van der Waals surface area contributed by atoms with E-state index in [1.165, 1.54) is 45.1 Å². The summed E-state index contributed by atoms with van der Waals surface area (Å²) in [6, 6.07) is 17.1. The van der Waals surface area contributed by atoms with E-state index in [0.717, 1.165) is 0 Å². The molecule has 0 radical (unpaired) electrons. The average molecular weight is 698 g/mol. The van der Waals surface area contributed by atoms with E-state index in [9.17, 15) is 0 Å². The van der Waals surface area contributed by atoms with Gasteiger partial charge in [0.15, 0.2) is 0 Å². The maximum atomic E-state index is 3.53. The Morgan fingerprint density at radius 2 is 0.929 bits per heavy atom. The summed E-state index contributed by atoms with van der Waals surface area (Å²) in [7, 11) is 0. The second kappa shape index (κ2) is 9.56. The van der Waals surface area contributed by atoms with Gasteiger partial charge in [-0.15, -0.1) is 45.3 Å². The van der Waals surface area contributed by atoms with E-state index < -0.39 is 0 Å². The Balaban J connectivity index is 0.000000137. The van der Waals surface area contributed by atoms with Crippen LogP contribution in [0.25, 0.3) is 32.3 Å². The fourth-order valence-corrected chi connectivity index (χ4v) is 8.33. The van der Waals surface area contributed by atoms with Gasteiger partial charge in [0.1, 0.15) is 0 Å². The molecular formula is C20H10Br4S4. The first-order chi connectivity index (χ1) is 13.5. The topological polar surface area (TPSA) is 0 Å². The van der Waals surface area contributed by atoms with Crippen molar-refractivity contribution in [2.45, 2.75) is 0 Å². The van der Waals surface area contributed by atoms with Gasteiger partial charge in [-0.05, 0) is 124 Å². The molecule has 0 atom stereocenters. The van der Waals surface area contributed by atoms with Crippen molar-refractivity contribution >= 4 is 141 Å². The molecule has 0 amide bonds. The molecule has 4 heterocycles. The Morgan fingerprint density at radius 1 is 0.500 bits per heavy atom. The molecule has 0 aliphatic rings. The quantitative estimate of drug-likeness (QED) is 0.172. The Labute approximate surface area is 212 Å². The highest BCUT2D eigenvalue weighted by Gasteiger charge is 2.06. The Kier molecular flexibility index (Phi) is 7.32. The molecule has 28 heavy (non-hydrogen) atoms. The maximum absolute atomic E-state index is 3.53. The summed E-state index contributed by atoms with van der Waals surface area (Å²) in [6.07, 6.45) is 4.27. The highest BCUT2D eigenvalue weighted by Crippen LogP contribution is 2.39. The molecule has 0 fully saturated rings. The number of hydrogen-bond acceptors (Lipinski definition) is 4. The molecule has 142 valence electrons. The van der Waals surface area contributed by atoms with Crippen molar-refractivity contribution < 1.29 is 0 Å². The van der Waals surface area contributed by atoms with Crippen LogP contribution in [0.15, 0.2) is 63.7 Å². The summed E-state index contributed by atoms with van der Waals surface area (Å²) in [6.45, 7) is 0. The minimum absolute atomic E-state index is 1.17. The summed E-state index contributed by atoms with van der Waals surface area (Å²) < 4.78 is 7.42. The molecular weight excluding hydrogens is 688 g/mol. The molecule has 0 spiro atoms. The minimum atomic E-state index is 1.17. The monoisotopic (exact) mass is 694 g/mol. The Morgan fingerprint density at radius 3 is 1.29 bits per heavy atom. The molecule has 0 N–H and O–H groups in total. The molecule has 0 aliphatic carbocycles. The van der Waals surface area contributed by atoms with Crippen LogP contribution in [-0.4, -0.2) is 0 Å². The predicted octanol–water partition coefficient (Wildman–Crippen LogP) is 11.1. The predicted molar refractivity (Wildman–Crippen MR) is 146 cm³/mol. The van der Waals surface area contributed by atoms with Crippen molar-refractivity contribution in [2.75, 3.05) is 0 Å². The van der Waals surface area contributed by atoms with Gasteiger partial charge in [-0.2, -0.15) is 0 Å². The SMILES string of the molecule is Brc1cc2c(ccc3sc(Br)cc32)s1.Brc1ccc(/C=C/c2ccc(Br)s2)s1. The first-order valence-corrected chi connectivity index (χ1v) is 14.4. The van der Waals surface area contributed by atoms with Gasteiger partial charge in [-0.25, -0.2) is 0 Å². The zero-order valence-corrected chi connectivity index (χ0v) is 23.5. The van der Waals surface area contributed by atoms with Gasteiger partial charge in [0.2, 0.25) is 0 Å². The number of halogens is 4. The van der Waals surface area contributed by atoms with Crippen LogP contribution in [0.3, 0.4) is 0 Å². The fourth-order valence-electron chi connectivity index (χ4n) is 2.57. The van der Waals surface area contributed by atoms with Crippen molar-refractivity contribution in [2.24, 2.45) is 0 Å². The lowest BCUT2D eigenvalue weighted by Gasteiger charge is -1.90. The average Bonchev–Trinajstić information content (AvgIpc) is 3.40. The molecule has 5 rings (SSSR count). The van der Waals surface area contributed by atoms with Crippen LogP contribution in [0.2, 0.25) is 0 Å². The van der Waals surface area contributed by atoms with Gasteiger partial charge in [0, 0.05) is 29.9 Å². The van der Waals surface area contributed by atoms with E-state index in [0.29, 0.717) is 0 Å². The van der Waals surface area contributed by atoms with Crippen molar-refractivity contribution in [1.29, 1.82) is 0 Å². The molecule has 0 nitrogen and oxygen atoms in total. The van der Waals surface area contributed by atoms with Gasteiger partial charge in [0.25, 0.3) is 0 Å². The van der Waals surface area contributed by atoms with Crippen LogP contribution in [0.1, 0.15) is 9.75 Å². The second-order valence-electron chi connectivity index (χ2n) is 5.61. The third kappa shape index (κ3) is 5.27. The number of benzene rings is 1. The summed E-state index contributed by atoms with van der Waals surface area (Å²) in [5.74, 6) is 0. The maximum Gasteiger partial charge on any atom is 0.0711 e. The lowest BCUT2D eigenvalue weighted by Crippen LogP contribution is -1.63. The van der Waals surface area contributed by atoms with Gasteiger partial charge in [-0.1, -0.05) is 0 Å². The summed E-state index contributed by atoms with van der Waals surface area (Å²) in [5, 5.41) is 2.70. The third-order valence-electron chi connectivity index (χ3n) is 3.74. The van der Waals surface area contributed by atoms with Gasteiger partial charge >= 0.3 is 0 Å². The molecule has 8 heteroatoms. The van der Waals surface area contributed by atoms with E-state index in [1.807, 2.05) is 0 Å². The largest absolute Gasteiger partial charge is 0.129 e. The van der Waals surface area contributed by atoms with Crippen molar-refractivity contribution in [1.82, 2.24) is 0 Å².